The molecule has 138 valence electrons. The molecule has 1 heterocycles. The summed E-state index contributed by atoms with van der Waals surface area (Å²) in [5.74, 6) is 0.732. The van der Waals surface area contributed by atoms with E-state index >= 15 is 0 Å². The van der Waals surface area contributed by atoms with Crippen LogP contribution < -0.4 is 10.4 Å². The summed E-state index contributed by atoms with van der Waals surface area (Å²) in [5.41, 5.74) is 1.60. The smallest absolute Gasteiger partial charge is 0.329 e. The van der Waals surface area contributed by atoms with Crippen LogP contribution in [0.1, 0.15) is 6.92 Å². The van der Waals surface area contributed by atoms with Gasteiger partial charge in [0, 0.05) is 11.9 Å². The molecule has 4 aromatic rings. The summed E-state index contributed by atoms with van der Waals surface area (Å²) in [6.45, 7) is 2.84. The second-order valence-electron chi connectivity index (χ2n) is 6.57. The first kappa shape index (κ1) is 17.4. The van der Waals surface area contributed by atoms with Crippen LogP contribution in [-0.2, 0) is 13.1 Å². The Morgan fingerprint density at radius 3 is 2.37 bits per heavy atom. The maximum atomic E-state index is 12.7. The number of rotatable bonds is 6. The second-order valence-corrected chi connectivity index (χ2v) is 6.57. The highest BCUT2D eigenvalue weighted by Crippen LogP contribution is 2.25. The fraction of sp³-hybridized carbons (Fsp3) is 0.227. The van der Waals surface area contributed by atoms with Crippen molar-refractivity contribution in [3.05, 3.63) is 77.2 Å². The predicted molar refractivity (Wildman–Crippen MR) is 107 cm³/mol. The van der Waals surface area contributed by atoms with Crippen LogP contribution in [0.15, 0.2) is 71.5 Å². The fourth-order valence-corrected chi connectivity index (χ4v) is 3.53. The van der Waals surface area contributed by atoms with Crippen molar-refractivity contribution in [1.29, 1.82) is 0 Å². The van der Waals surface area contributed by atoms with Gasteiger partial charge in [-0.2, -0.15) is 0 Å². The van der Waals surface area contributed by atoms with Gasteiger partial charge in [-0.15, -0.1) is 0 Å². The van der Waals surface area contributed by atoms with Crippen LogP contribution >= 0.6 is 0 Å². The zero-order chi connectivity index (χ0) is 18.8. The van der Waals surface area contributed by atoms with Crippen LogP contribution in [0.5, 0.6) is 5.75 Å². The Balaban J connectivity index is 1.55. The molecule has 1 N–H and O–H groups in total. The first-order valence-electron chi connectivity index (χ1n) is 9.15. The third kappa shape index (κ3) is 3.22. The molecule has 0 saturated heterocycles. The summed E-state index contributed by atoms with van der Waals surface area (Å²) in [5, 5.41) is 12.6. The molecule has 0 aliphatic carbocycles. The molecule has 0 unspecified atom stereocenters. The molecule has 5 nitrogen and oxygen atoms in total. The Bertz CT molecular complexity index is 1140. The summed E-state index contributed by atoms with van der Waals surface area (Å²) in [6, 6.07) is 21.5. The molecule has 0 radical (unpaired) electrons. The molecule has 0 aliphatic rings. The monoisotopic (exact) mass is 362 g/mol. The van der Waals surface area contributed by atoms with Crippen molar-refractivity contribution in [3.8, 4) is 5.75 Å². The third-order valence-electron chi connectivity index (χ3n) is 4.82. The lowest BCUT2D eigenvalue weighted by molar-refractivity contribution is 0.0932. The number of aliphatic hydroxyl groups is 1. The van der Waals surface area contributed by atoms with E-state index in [1.54, 1.807) is 9.13 Å². The number of aliphatic hydroxyl groups excluding tert-OH is 1. The number of hydrogen-bond donors (Lipinski definition) is 1. The lowest BCUT2D eigenvalue weighted by Crippen LogP contribution is -2.31. The minimum atomic E-state index is -0.794. The van der Waals surface area contributed by atoms with E-state index in [2.05, 4.69) is 0 Å². The average molecular weight is 362 g/mol. The SMILES string of the molecule is CCn1c(=O)n(C[C@@H](O)COc2cccc3ccccc23)c2ccccc21. The molecule has 0 spiro atoms. The van der Waals surface area contributed by atoms with Crippen molar-refractivity contribution in [2.45, 2.75) is 26.1 Å². The highest BCUT2D eigenvalue weighted by Gasteiger charge is 2.15. The van der Waals surface area contributed by atoms with Crippen molar-refractivity contribution in [2.75, 3.05) is 6.61 Å². The van der Waals surface area contributed by atoms with E-state index in [1.807, 2.05) is 73.7 Å². The predicted octanol–water partition coefficient (Wildman–Crippen LogP) is 3.42. The lowest BCUT2D eigenvalue weighted by Gasteiger charge is -2.14. The quantitative estimate of drug-likeness (QED) is 0.572. The van der Waals surface area contributed by atoms with Crippen LogP contribution in [0.25, 0.3) is 21.8 Å². The molecule has 5 heteroatoms. The maximum Gasteiger partial charge on any atom is 0.329 e. The van der Waals surface area contributed by atoms with Gasteiger partial charge >= 0.3 is 5.69 Å². The minimum Gasteiger partial charge on any atom is -0.490 e. The molecule has 27 heavy (non-hydrogen) atoms. The van der Waals surface area contributed by atoms with Gasteiger partial charge < -0.3 is 9.84 Å². The summed E-state index contributed by atoms with van der Waals surface area (Å²) in [4.78, 5) is 12.7. The Morgan fingerprint density at radius 2 is 1.59 bits per heavy atom. The average Bonchev–Trinajstić information content (AvgIpc) is 2.97. The summed E-state index contributed by atoms with van der Waals surface area (Å²) in [7, 11) is 0. The number of benzene rings is 3. The largest absolute Gasteiger partial charge is 0.490 e. The van der Waals surface area contributed by atoms with Gasteiger partial charge in [0.05, 0.1) is 17.6 Å². The van der Waals surface area contributed by atoms with E-state index in [4.69, 9.17) is 4.74 Å². The van der Waals surface area contributed by atoms with E-state index in [1.165, 1.54) is 0 Å². The van der Waals surface area contributed by atoms with Crippen LogP contribution in [-0.4, -0.2) is 27.0 Å². The number of hydrogen-bond acceptors (Lipinski definition) is 3. The standard InChI is InChI=1S/C22H22N2O3/c1-2-23-19-11-5-6-12-20(19)24(22(23)26)14-17(25)15-27-21-13-7-9-16-8-3-4-10-18(16)21/h3-13,17,25H,2,14-15H2,1H3/t17-/m1/s1. The molecule has 3 aromatic carbocycles. The number of ether oxygens (including phenoxy) is 1. The topological polar surface area (TPSA) is 56.4 Å². The minimum absolute atomic E-state index is 0.108. The summed E-state index contributed by atoms with van der Waals surface area (Å²) < 4.78 is 9.20. The number of aryl methyl sites for hydroxylation is 1. The van der Waals surface area contributed by atoms with Gasteiger partial charge in [0.25, 0.3) is 0 Å². The second kappa shape index (κ2) is 7.29. The first-order valence-corrected chi connectivity index (χ1v) is 9.15. The van der Waals surface area contributed by atoms with E-state index in [0.29, 0.717) is 6.54 Å². The van der Waals surface area contributed by atoms with Crippen LogP contribution in [0, 0.1) is 0 Å². The molecule has 1 atom stereocenters. The van der Waals surface area contributed by atoms with E-state index < -0.39 is 6.10 Å². The van der Waals surface area contributed by atoms with Crippen molar-refractivity contribution < 1.29 is 9.84 Å². The van der Waals surface area contributed by atoms with Crippen molar-refractivity contribution >= 4 is 21.8 Å². The van der Waals surface area contributed by atoms with Crippen molar-refractivity contribution in [1.82, 2.24) is 9.13 Å². The molecule has 0 fully saturated rings. The Kier molecular flexibility index (Phi) is 4.69. The van der Waals surface area contributed by atoms with Gasteiger partial charge in [-0.1, -0.05) is 48.5 Å². The number of fused-ring (bicyclic) bond motifs is 2. The Hall–Kier alpha value is -3.05. The van der Waals surface area contributed by atoms with Crippen LogP contribution in [0.3, 0.4) is 0 Å². The normalized spacial score (nSPS) is 12.5. The van der Waals surface area contributed by atoms with Gasteiger partial charge in [-0.3, -0.25) is 9.13 Å². The van der Waals surface area contributed by atoms with Gasteiger partial charge in [-0.05, 0) is 30.5 Å². The summed E-state index contributed by atoms with van der Waals surface area (Å²) >= 11 is 0. The number of nitrogens with zero attached hydrogens (tertiary/aromatic N) is 2. The molecule has 0 amide bonds. The van der Waals surface area contributed by atoms with Crippen molar-refractivity contribution in [2.24, 2.45) is 0 Å². The molecular weight excluding hydrogens is 340 g/mol. The molecule has 1 aromatic heterocycles. The molecule has 4 rings (SSSR count). The molecule has 0 aliphatic heterocycles. The van der Waals surface area contributed by atoms with Gasteiger partial charge in [0.15, 0.2) is 0 Å². The van der Waals surface area contributed by atoms with E-state index in [-0.39, 0.29) is 18.8 Å². The lowest BCUT2D eigenvalue weighted by atomic mass is 10.1. The Morgan fingerprint density at radius 1 is 0.926 bits per heavy atom. The van der Waals surface area contributed by atoms with Gasteiger partial charge in [0.2, 0.25) is 0 Å². The highest BCUT2D eigenvalue weighted by atomic mass is 16.5. The van der Waals surface area contributed by atoms with E-state index in [9.17, 15) is 9.90 Å². The summed E-state index contributed by atoms with van der Waals surface area (Å²) in [6.07, 6.45) is -0.794. The van der Waals surface area contributed by atoms with Gasteiger partial charge in [-0.25, -0.2) is 4.79 Å². The number of imidazole rings is 1. The first-order chi connectivity index (χ1) is 13.2. The maximum absolute atomic E-state index is 12.7. The van der Waals surface area contributed by atoms with Crippen molar-refractivity contribution in [3.63, 3.8) is 0 Å². The zero-order valence-corrected chi connectivity index (χ0v) is 15.2. The number of para-hydroxylation sites is 2. The number of aromatic nitrogens is 2. The molecule has 0 bridgehead atoms. The Labute approximate surface area is 157 Å². The van der Waals surface area contributed by atoms with E-state index in [0.717, 1.165) is 27.6 Å². The third-order valence-corrected chi connectivity index (χ3v) is 4.82. The highest BCUT2D eigenvalue weighted by molar-refractivity contribution is 5.88. The van der Waals surface area contributed by atoms with Gasteiger partial charge in [0.1, 0.15) is 18.5 Å². The zero-order valence-electron chi connectivity index (χ0n) is 15.2. The molecule has 0 saturated carbocycles. The fourth-order valence-electron chi connectivity index (χ4n) is 3.53. The van der Waals surface area contributed by atoms with Crippen LogP contribution in [0.4, 0.5) is 0 Å². The van der Waals surface area contributed by atoms with Crippen LogP contribution in [0.2, 0.25) is 0 Å². The molecular formula is C22H22N2O3.